The van der Waals surface area contributed by atoms with Crippen molar-refractivity contribution in [1.29, 1.82) is 0 Å². The largest absolute Gasteiger partial charge is 0.497 e. The second kappa shape index (κ2) is 11.3. The van der Waals surface area contributed by atoms with Crippen molar-refractivity contribution in [3.8, 4) is 5.75 Å². The monoisotopic (exact) mass is 432 g/mol. The molecule has 0 aliphatic carbocycles. The Morgan fingerprint density at radius 2 is 1.53 bits per heavy atom. The number of anilines is 1. The predicted octanol–water partition coefficient (Wildman–Crippen LogP) is 3.46. The summed E-state index contributed by atoms with van der Waals surface area (Å²) in [6.45, 7) is -0.00511. The van der Waals surface area contributed by atoms with Gasteiger partial charge in [0, 0.05) is 12.1 Å². The van der Waals surface area contributed by atoms with E-state index >= 15 is 0 Å². The Balaban J connectivity index is 1.49. The molecule has 0 heterocycles. The number of esters is 1. The number of nitrogens with one attached hydrogen (secondary N) is 2. The maximum absolute atomic E-state index is 12.5. The Labute approximate surface area is 186 Å². The minimum Gasteiger partial charge on any atom is -0.497 e. The lowest BCUT2D eigenvalue weighted by atomic mass is 10.1. The maximum atomic E-state index is 12.5. The van der Waals surface area contributed by atoms with Crippen LogP contribution in [0.1, 0.15) is 26.3 Å². The van der Waals surface area contributed by atoms with Crippen LogP contribution in [0.5, 0.6) is 5.75 Å². The summed E-state index contributed by atoms with van der Waals surface area (Å²) in [6.07, 6.45) is 0.637. The number of methoxy groups -OCH3 is 1. The SMILES string of the molecule is COc1ccc(CCNC(=O)COC(=O)c2ccccc2NC(=O)c2ccccc2)cc1. The zero-order chi connectivity index (χ0) is 22.8. The van der Waals surface area contributed by atoms with Crippen LogP contribution >= 0.6 is 0 Å². The van der Waals surface area contributed by atoms with Gasteiger partial charge in [-0.05, 0) is 48.4 Å². The van der Waals surface area contributed by atoms with Crippen molar-refractivity contribution in [2.45, 2.75) is 6.42 Å². The van der Waals surface area contributed by atoms with Crippen molar-refractivity contribution in [1.82, 2.24) is 5.32 Å². The average molecular weight is 432 g/mol. The Morgan fingerprint density at radius 1 is 0.844 bits per heavy atom. The number of hydrogen-bond donors (Lipinski definition) is 2. The van der Waals surface area contributed by atoms with Crippen LogP contribution in [-0.4, -0.2) is 38.0 Å². The zero-order valence-electron chi connectivity index (χ0n) is 17.7. The summed E-state index contributed by atoms with van der Waals surface area (Å²) in [5, 5.41) is 5.42. The van der Waals surface area contributed by atoms with E-state index < -0.39 is 18.5 Å². The van der Waals surface area contributed by atoms with Gasteiger partial charge in [0.15, 0.2) is 6.61 Å². The molecule has 0 bridgehead atoms. The molecule has 7 nitrogen and oxygen atoms in total. The third-order valence-corrected chi connectivity index (χ3v) is 4.66. The van der Waals surface area contributed by atoms with Crippen LogP contribution in [0, 0.1) is 0 Å². The molecular weight excluding hydrogens is 408 g/mol. The van der Waals surface area contributed by atoms with Crippen LogP contribution in [0.3, 0.4) is 0 Å². The van der Waals surface area contributed by atoms with Crippen molar-refractivity contribution in [3.05, 3.63) is 95.6 Å². The number of rotatable bonds is 9. The molecule has 0 saturated heterocycles. The van der Waals surface area contributed by atoms with Crippen molar-refractivity contribution >= 4 is 23.5 Å². The van der Waals surface area contributed by atoms with Crippen molar-refractivity contribution < 1.29 is 23.9 Å². The highest BCUT2D eigenvalue weighted by Gasteiger charge is 2.16. The molecule has 0 spiro atoms. The van der Waals surface area contributed by atoms with E-state index in [-0.39, 0.29) is 11.5 Å². The van der Waals surface area contributed by atoms with Gasteiger partial charge in [-0.15, -0.1) is 0 Å². The lowest BCUT2D eigenvalue weighted by molar-refractivity contribution is -0.124. The molecule has 0 atom stereocenters. The zero-order valence-corrected chi connectivity index (χ0v) is 17.7. The number of ether oxygens (including phenoxy) is 2. The van der Waals surface area contributed by atoms with Gasteiger partial charge in [0.25, 0.3) is 11.8 Å². The van der Waals surface area contributed by atoms with E-state index in [2.05, 4.69) is 10.6 Å². The Morgan fingerprint density at radius 3 is 2.25 bits per heavy atom. The van der Waals surface area contributed by atoms with Gasteiger partial charge < -0.3 is 20.1 Å². The lowest BCUT2D eigenvalue weighted by Gasteiger charge is -2.11. The van der Waals surface area contributed by atoms with E-state index in [1.54, 1.807) is 49.6 Å². The van der Waals surface area contributed by atoms with Gasteiger partial charge in [-0.25, -0.2) is 4.79 Å². The smallest absolute Gasteiger partial charge is 0.340 e. The van der Waals surface area contributed by atoms with E-state index in [0.717, 1.165) is 11.3 Å². The Hall–Kier alpha value is -4.13. The van der Waals surface area contributed by atoms with Gasteiger partial charge in [-0.1, -0.05) is 42.5 Å². The number of amides is 2. The molecule has 0 unspecified atom stereocenters. The molecule has 164 valence electrons. The number of carbonyl (C=O) groups is 3. The number of carbonyl (C=O) groups excluding carboxylic acids is 3. The van der Waals surface area contributed by atoms with E-state index in [1.807, 2.05) is 30.3 Å². The van der Waals surface area contributed by atoms with E-state index in [0.29, 0.717) is 24.2 Å². The number of benzene rings is 3. The molecule has 3 rings (SSSR count). The summed E-state index contributed by atoms with van der Waals surface area (Å²) in [5.41, 5.74) is 1.99. The molecule has 0 saturated carbocycles. The molecule has 3 aromatic rings. The molecule has 2 amide bonds. The fraction of sp³-hybridized carbons (Fsp3) is 0.160. The van der Waals surface area contributed by atoms with Gasteiger partial charge >= 0.3 is 5.97 Å². The first-order valence-electron chi connectivity index (χ1n) is 10.1. The molecule has 0 aliphatic rings. The highest BCUT2D eigenvalue weighted by atomic mass is 16.5. The van der Waals surface area contributed by atoms with Gasteiger partial charge in [-0.2, -0.15) is 0 Å². The van der Waals surface area contributed by atoms with Crippen molar-refractivity contribution in [2.75, 3.05) is 25.6 Å². The van der Waals surface area contributed by atoms with Gasteiger partial charge in [0.2, 0.25) is 0 Å². The highest BCUT2D eigenvalue weighted by molar-refractivity contribution is 6.08. The average Bonchev–Trinajstić information content (AvgIpc) is 2.84. The number of para-hydroxylation sites is 1. The molecule has 3 aromatic carbocycles. The van der Waals surface area contributed by atoms with Crippen LogP contribution in [0.4, 0.5) is 5.69 Å². The molecule has 32 heavy (non-hydrogen) atoms. The van der Waals surface area contributed by atoms with Gasteiger partial charge in [0.05, 0.1) is 18.4 Å². The molecule has 7 heteroatoms. The first-order valence-corrected chi connectivity index (χ1v) is 10.1. The van der Waals surface area contributed by atoms with E-state index in [1.165, 1.54) is 6.07 Å². The van der Waals surface area contributed by atoms with Crippen LogP contribution in [0.15, 0.2) is 78.9 Å². The normalized spacial score (nSPS) is 10.2. The molecule has 0 aromatic heterocycles. The lowest BCUT2D eigenvalue weighted by Crippen LogP contribution is -2.30. The Bertz CT molecular complexity index is 1070. The number of hydrogen-bond acceptors (Lipinski definition) is 5. The van der Waals surface area contributed by atoms with Crippen LogP contribution in [0.2, 0.25) is 0 Å². The summed E-state index contributed by atoms with van der Waals surface area (Å²) in [7, 11) is 1.60. The summed E-state index contributed by atoms with van der Waals surface area (Å²) >= 11 is 0. The Kier molecular flexibility index (Phi) is 7.97. The highest BCUT2D eigenvalue weighted by Crippen LogP contribution is 2.17. The quantitative estimate of drug-likeness (QED) is 0.505. The standard InChI is InChI=1S/C25H24N2O5/c1-31-20-13-11-18(12-14-20)15-16-26-23(28)17-32-25(30)21-9-5-6-10-22(21)27-24(29)19-7-3-2-4-8-19/h2-14H,15-17H2,1H3,(H,26,28)(H,27,29). The summed E-state index contributed by atoms with van der Waals surface area (Å²) in [6, 6.07) is 22.7. The minimum absolute atomic E-state index is 0.169. The maximum Gasteiger partial charge on any atom is 0.340 e. The molecule has 0 fully saturated rings. The van der Waals surface area contributed by atoms with Gasteiger partial charge in [-0.3, -0.25) is 9.59 Å². The fourth-order valence-corrected chi connectivity index (χ4v) is 2.95. The third-order valence-electron chi connectivity index (χ3n) is 4.66. The van der Waals surface area contributed by atoms with Gasteiger partial charge in [0.1, 0.15) is 5.75 Å². The second-order valence-corrected chi connectivity index (χ2v) is 6.89. The van der Waals surface area contributed by atoms with E-state index in [9.17, 15) is 14.4 Å². The topological polar surface area (TPSA) is 93.7 Å². The molecule has 0 aliphatic heterocycles. The van der Waals surface area contributed by atoms with Crippen LogP contribution in [-0.2, 0) is 16.0 Å². The van der Waals surface area contributed by atoms with Crippen molar-refractivity contribution in [2.24, 2.45) is 0 Å². The second-order valence-electron chi connectivity index (χ2n) is 6.89. The van der Waals surface area contributed by atoms with Crippen LogP contribution < -0.4 is 15.4 Å². The van der Waals surface area contributed by atoms with E-state index in [4.69, 9.17) is 9.47 Å². The molecular formula is C25H24N2O5. The third kappa shape index (κ3) is 6.43. The molecule has 0 radical (unpaired) electrons. The summed E-state index contributed by atoms with van der Waals surface area (Å²) < 4.78 is 10.2. The predicted molar refractivity (Wildman–Crippen MR) is 121 cm³/mol. The molecule has 2 N–H and O–H groups in total. The summed E-state index contributed by atoms with van der Waals surface area (Å²) in [5.74, 6) is -0.677. The van der Waals surface area contributed by atoms with Crippen molar-refractivity contribution in [3.63, 3.8) is 0 Å². The van der Waals surface area contributed by atoms with Crippen LogP contribution in [0.25, 0.3) is 0 Å². The summed E-state index contributed by atoms with van der Waals surface area (Å²) in [4.78, 5) is 36.9. The first kappa shape index (κ1) is 22.6. The first-order chi connectivity index (χ1) is 15.6. The minimum atomic E-state index is -0.695. The fourth-order valence-electron chi connectivity index (χ4n) is 2.95.